The Kier molecular flexibility index (Phi) is 3.59. The van der Waals surface area contributed by atoms with Crippen LogP contribution in [0.5, 0.6) is 0 Å². The van der Waals surface area contributed by atoms with Crippen molar-refractivity contribution in [2.45, 2.75) is 38.1 Å². The molecule has 0 radical (unpaired) electrons. The highest BCUT2D eigenvalue weighted by Gasteiger charge is 2.33. The first kappa shape index (κ1) is 13.0. The molecule has 0 aliphatic heterocycles. The monoisotopic (exact) mass is 268 g/mol. The van der Waals surface area contributed by atoms with Gasteiger partial charge in [-0.2, -0.15) is 0 Å². The minimum atomic E-state index is 0.0500. The van der Waals surface area contributed by atoms with E-state index in [2.05, 4.69) is 17.2 Å². The summed E-state index contributed by atoms with van der Waals surface area (Å²) in [7, 11) is 0. The van der Waals surface area contributed by atoms with Crippen molar-refractivity contribution in [1.82, 2.24) is 5.32 Å². The van der Waals surface area contributed by atoms with E-state index in [1.807, 2.05) is 30.3 Å². The minimum absolute atomic E-state index is 0.0500. The molecule has 104 valence electrons. The molecule has 0 saturated heterocycles. The molecular weight excluding hydrogens is 248 g/mol. The number of para-hydroxylation sites is 1. The Morgan fingerprint density at radius 2 is 1.70 bits per heavy atom. The molecule has 0 amide bonds. The van der Waals surface area contributed by atoms with Gasteiger partial charge in [0.1, 0.15) is 5.70 Å². The fraction of sp³-hybridized carbons (Fsp3) is 0.353. The molecule has 3 rings (SSSR count). The normalized spacial score (nSPS) is 19.8. The standard InChI is InChI=1S/C17H20N2O/c1-12-15(18-13-8-4-2-5-9-13)16(17(12)20)19-14-10-6-3-7-11-14/h2,4-5,8-9,14,18-19H,1,3,6-7,10-11H2. The second kappa shape index (κ2) is 5.53. The predicted octanol–water partition coefficient (Wildman–Crippen LogP) is 3.37. The average Bonchev–Trinajstić information content (AvgIpc) is 2.52. The molecule has 1 aromatic rings. The van der Waals surface area contributed by atoms with E-state index < -0.39 is 0 Å². The third kappa shape index (κ3) is 2.48. The van der Waals surface area contributed by atoms with Crippen molar-refractivity contribution < 1.29 is 4.79 Å². The number of rotatable bonds is 4. The molecule has 1 aromatic carbocycles. The second-order valence-corrected chi connectivity index (χ2v) is 5.53. The van der Waals surface area contributed by atoms with Crippen LogP contribution in [0.25, 0.3) is 0 Å². The summed E-state index contributed by atoms with van der Waals surface area (Å²) in [6.45, 7) is 3.85. The van der Waals surface area contributed by atoms with Crippen LogP contribution in [0.3, 0.4) is 0 Å². The summed E-state index contributed by atoms with van der Waals surface area (Å²) in [6.07, 6.45) is 6.12. The Morgan fingerprint density at radius 3 is 2.40 bits per heavy atom. The van der Waals surface area contributed by atoms with E-state index in [0.29, 0.717) is 17.3 Å². The lowest BCUT2D eigenvalue weighted by Gasteiger charge is -2.32. The maximum absolute atomic E-state index is 12.0. The summed E-state index contributed by atoms with van der Waals surface area (Å²) < 4.78 is 0. The van der Waals surface area contributed by atoms with Crippen molar-refractivity contribution in [2.24, 2.45) is 0 Å². The van der Waals surface area contributed by atoms with Gasteiger partial charge < -0.3 is 10.6 Å². The average molecular weight is 268 g/mol. The highest BCUT2D eigenvalue weighted by atomic mass is 16.1. The molecule has 0 spiro atoms. The topological polar surface area (TPSA) is 41.1 Å². The molecule has 0 unspecified atom stereocenters. The summed E-state index contributed by atoms with van der Waals surface area (Å²) >= 11 is 0. The maximum Gasteiger partial charge on any atom is 0.212 e. The van der Waals surface area contributed by atoms with Crippen LogP contribution in [0, 0.1) is 0 Å². The van der Waals surface area contributed by atoms with Crippen LogP contribution < -0.4 is 10.6 Å². The van der Waals surface area contributed by atoms with Gasteiger partial charge in [-0.3, -0.25) is 4.79 Å². The van der Waals surface area contributed by atoms with Gasteiger partial charge in [0.25, 0.3) is 0 Å². The minimum Gasteiger partial charge on any atom is -0.377 e. The van der Waals surface area contributed by atoms with Gasteiger partial charge in [-0.05, 0) is 25.0 Å². The number of allylic oxidation sites excluding steroid dienone is 2. The second-order valence-electron chi connectivity index (χ2n) is 5.53. The molecule has 3 heteroatoms. The third-order valence-corrected chi connectivity index (χ3v) is 4.05. The zero-order chi connectivity index (χ0) is 13.9. The zero-order valence-electron chi connectivity index (χ0n) is 11.6. The van der Waals surface area contributed by atoms with Crippen molar-refractivity contribution >= 4 is 11.5 Å². The van der Waals surface area contributed by atoms with E-state index in [9.17, 15) is 4.79 Å². The molecule has 1 fully saturated rings. The molecule has 0 bridgehead atoms. The highest BCUT2D eigenvalue weighted by molar-refractivity contribution is 6.20. The Bertz CT molecular complexity index is 554. The van der Waals surface area contributed by atoms with Crippen molar-refractivity contribution in [3.05, 3.63) is 53.9 Å². The van der Waals surface area contributed by atoms with Crippen molar-refractivity contribution in [1.29, 1.82) is 0 Å². The van der Waals surface area contributed by atoms with Crippen LogP contribution in [0.4, 0.5) is 5.69 Å². The summed E-state index contributed by atoms with van der Waals surface area (Å²) in [5.74, 6) is 0.0500. The SMILES string of the molecule is C=C1C(=O)C(NC2CCCCC2)=C1Nc1ccccc1. The number of benzene rings is 1. The molecule has 2 aliphatic rings. The van der Waals surface area contributed by atoms with E-state index in [1.165, 1.54) is 19.3 Å². The van der Waals surface area contributed by atoms with E-state index in [4.69, 9.17) is 0 Å². The van der Waals surface area contributed by atoms with E-state index in [1.54, 1.807) is 0 Å². The third-order valence-electron chi connectivity index (χ3n) is 4.05. The zero-order valence-corrected chi connectivity index (χ0v) is 11.6. The molecule has 2 N–H and O–H groups in total. The quantitative estimate of drug-likeness (QED) is 0.823. The van der Waals surface area contributed by atoms with Crippen LogP contribution >= 0.6 is 0 Å². The fourth-order valence-electron chi connectivity index (χ4n) is 2.86. The number of hydrogen-bond donors (Lipinski definition) is 2. The Labute approximate surface area is 119 Å². The molecule has 0 heterocycles. The van der Waals surface area contributed by atoms with Gasteiger partial charge in [-0.25, -0.2) is 0 Å². The van der Waals surface area contributed by atoms with E-state index >= 15 is 0 Å². The number of anilines is 1. The van der Waals surface area contributed by atoms with Gasteiger partial charge in [0.15, 0.2) is 0 Å². The highest BCUT2D eigenvalue weighted by Crippen LogP contribution is 2.30. The number of nitrogens with one attached hydrogen (secondary N) is 2. The first-order valence-electron chi connectivity index (χ1n) is 7.32. The lowest BCUT2D eigenvalue weighted by atomic mass is 9.89. The van der Waals surface area contributed by atoms with Gasteiger partial charge in [0.2, 0.25) is 5.78 Å². The van der Waals surface area contributed by atoms with Crippen molar-refractivity contribution in [2.75, 3.05) is 5.32 Å². The number of Topliss-reactive ketones (excluding diaryl/α,β-unsaturated/α-hetero) is 1. The summed E-state index contributed by atoms with van der Waals surface area (Å²) in [5.41, 5.74) is 3.13. The van der Waals surface area contributed by atoms with Gasteiger partial charge in [0, 0.05) is 17.3 Å². The molecule has 0 atom stereocenters. The number of carbonyl (C=O) groups is 1. The number of carbonyl (C=O) groups excluding carboxylic acids is 1. The van der Waals surface area contributed by atoms with Crippen LogP contribution in [-0.4, -0.2) is 11.8 Å². The summed E-state index contributed by atoms with van der Waals surface area (Å²) in [4.78, 5) is 12.0. The Hall–Kier alpha value is -2.03. The van der Waals surface area contributed by atoms with E-state index in [0.717, 1.165) is 24.2 Å². The van der Waals surface area contributed by atoms with Crippen LogP contribution in [-0.2, 0) is 4.79 Å². The lowest BCUT2D eigenvalue weighted by molar-refractivity contribution is -0.113. The van der Waals surface area contributed by atoms with E-state index in [-0.39, 0.29) is 5.78 Å². The fourth-order valence-corrected chi connectivity index (χ4v) is 2.86. The maximum atomic E-state index is 12.0. The lowest BCUT2D eigenvalue weighted by Crippen LogP contribution is -2.41. The molecule has 0 aromatic heterocycles. The van der Waals surface area contributed by atoms with Crippen LogP contribution in [0.2, 0.25) is 0 Å². The molecular formula is C17H20N2O. The largest absolute Gasteiger partial charge is 0.377 e. The van der Waals surface area contributed by atoms with Gasteiger partial charge in [-0.15, -0.1) is 0 Å². The van der Waals surface area contributed by atoms with Gasteiger partial charge in [0.05, 0.1) is 5.70 Å². The van der Waals surface area contributed by atoms with Crippen LogP contribution in [0.1, 0.15) is 32.1 Å². The molecule has 1 saturated carbocycles. The molecule has 2 aliphatic carbocycles. The number of ketones is 1. The number of hydrogen-bond acceptors (Lipinski definition) is 3. The van der Waals surface area contributed by atoms with Gasteiger partial charge in [-0.1, -0.05) is 44.0 Å². The van der Waals surface area contributed by atoms with Crippen molar-refractivity contribution in [3.8, 4) is 0 Å². The smallest absolute Gasteiger partial charge is 0.212 e. The Balaban J connectivity index is 1.75. The van der Waals surface area contributed by atoms with Crippen LogP contribution in [0.15, 0.2) is 53.9 Å². The van der Waals surface area contributed by atoms with Gasteiger partial charge >= 0.3 is 0 Å². The predicted molar refractivity (Wildman–Crippen MR) is 81.2 cm³/mol. The summed E-state index contributed by atoms with van der Waals surface area (Å²) in [6, 6.07) is 10.3. The first-order chi connectivity index (χ1) is 9.75. The van der Waals surface area contributed by atoms with Crippen molar-refractivity contribution in [3.63, 3.8) is 0 Å². The summed E-state index contributed by atoms with van der Waals surface area (Å²) in [5, 5.41) is 6.71. The Morgan fingerprint density at radius 1 is 1.00 bits per heavy atom. The molecule has 3 nitrogen and oxygen atoms in total. The molecule has 20 heavy (non-hydrogen) atoms. The first-order valence-corrected chi connectivity index (χ1v) is 7.32.